The molecule has 0 aliphatic carbocycles. The second-order valence-electron chi connectivity index (χ2n) is 4.18. The predicted octanol–water partition coefficient (Wildman–Crippen LogP) is 3.45. The average molecular weight is 295 g/mol. The molecule has 106 valence electrons. The van der Waals surface area contributed by atoms with E-state index in [0.717, 1.165) is 5.56 Å². The van der Waals surface area contributed by atoms with Gasteiger partial charge in [0.25, 0.3) is 0 Å². The van der Waals surface area contributed by atoms with E-state index in [1.807, 2.05) is 13.0 Å². The monoisotopic (exact) mass is 294 g/mol. The number of carbonyl (C=O) groups excluding carboxylic acids is 1. The highest BCUT2D eigenvalue weighted by atomic mass is 35.5. The van der Waals surface area contributed by atoms with Gasteiger partial charge in [-0.25, -0.2) is 0 Å². The molecule has 0 amide bonds. The van der Waals surface area contributed by atoms with E-state index in [9.17, 15) is 4.79 Å². The van der Waals surface area contributed by atoms with Gasteiger partial charge in [-0.3, -0.25) is 4.79 Å². The Labute approximate surface area is 121 Å². The van der Waals surface area contributed by atoms with Crippen LogP contribution in [0.5, 0.6) is 0 Å². The Bertz CT molecular complexity index is 598. The minimum atomic E-state index is -0.532. The van der Waals surface area contributed by atoms with Crippen molar-refractivity contribution in [3.8, 4) is 11.4 Å². The van der Waals surface area contributed by atoms with E-state index < -0.39 is 5.92 Å². The number of esters is 1. The maximum Gasteiger partial charge on any atom is 0.318 e. The maximum atomic E-state index is 11.8. The van der Waals surface area contributed by atoms with E-state index in [-0.39, 0.29) is 11.9 Å². The number of halogens is 1. The third kappa shape index (κ3) is 3.17. The fourth-order valence-electron chi connectivity index (χ4n) is 1.81. The fraction of sp³-hybridized carbons (Fsp3) is 0.357. The highest BCUT2D eigenvalue weighted by Gasteiger charge is 2.26. The van der Waals surface area contributed by atoms with Gasteiger partial charge in [0.1, 0.15) is 5.92 Å². The standard InChI is InChI=1S/C14H15ClN2O3/c1-3-11(14(18)19-4-2)13-16-12(17-20-13)9-6-5-7-10(15)8-9/h5-8,11H,3-4H2,1-2H3. The Hall–Kier alpha value is -1.88. The second-order valence-corrected chi connectivity index (χ2v) is 4.62. The van der Waals surface area contributed by atoms with Crippen LogP contribution in [0, 0.1) is 0 Å². The van der Waals surface area contributed by atoms with Crippen molar-refractivity contribution in [1.82, 2.24) is 10.1 Å². The molecule has 0 saturated heterocycles. The molecular weight excluding hydrogens is 280 g/mol. The van der Waals surface area contributed by atoms with Crippen LogP contribution in [-0.2, 0) is 9.53 Å². The maximum absolute atomic E-state index is 11.8. The van der Waals surface area contributed by atoms with Gasteiger partial charge in [-0.2, -0.15) is 4.98 Å². The van der Waals surface area contributed by atoms with E-state index in [1.165, 1.54) is 0 Å². The number of benzene rings is 1. The van der Waals surface area contributed by atoms with Crippen LogP contribution in [0.25, 0.3) is 11.4 Å². The average Bonchev–Trinajstić information content (AvgIpc) is 2.89. The molecule has 1 atom stereocenters. The van der Waals surface area contributed by atoms with E-state index in [4.69, 9.17) is 20.9 Å². The summed E-state index contributed by atoms with van der Waals surface area (Å²) in [7, 11) is 0. The third-order valence-corrected chi connectivity index (χ3v) is 3.04. The van der Waals surface area contributed by atoms with Gasteiger partial charge in [0.05, 0.1) is 6.61 Å². The summed E-state index contributed by atoms with van der Waals surface area (Å²) >= 11 is 5.92. The molecule has 5 nitrogen and oxygen atoms in total. The summed E-state index contributed by atoms with van der Waals surface area (Å²) in [6.45, 7) is 3.95. The quantitative estimate of drug-likeness (QED) is 0.790. The fourth-order valence-corrected chi connectivity index (χ4v) is 2.00. The van der Waals surface area contributed by atoms with Crippen molar-refractivity contribution in [3.05, 3.63) is 35.2 Å². The van der Waals surface area contributed by atoms with Gasteiger partial charge in [-0.15, -0.1) is 0 Å². The van der Waals surface area contributed by atoms with Crippen LogP contribution in [0.1, 0.15) is 32.1 Å². The summed E-state index contributed by atoms with van der Waals surface area (Å²) in [6.07, 6.45) is 0.538. The molecule has 0 fully saturated rings. The Kier molecular flexibility index (Phi) is 4.74. The smallest absolute Gasteiger partial charge is 0.318 e. The van der Waals surface area contributed by atoms with Crippen LogP contribution in [0.15, 0.2) is 28.8 Å². The zero-order valence-electron chi connectivity index (χ0n) is 11.3. The molecule has 1 aromatic carbocycles. The number of carbonyl (C=O) groups is 1. The third-order valence-electron chi connectivity index (χ3n) is 2.80. The summed E-state index contributed by atoms with van der Waals surface area (Å²) in [6, 6.07) is 7.13. The highest BCUT2D eigenvalue weighted by molar-refractivity contribution is 6.30. The van der Waals surface area contributed by atoms with Crippen molar-refractivity contribution < 1.29 is 14.1 Å². The first kappa shape index (κ1) is 14.5. The van der Waals surface area contributed by atoms with Crippen molar-refractivity contribution in [2.75, 3.05) is 6.61 Å². The van der Waals surface area contributed by atoms with Gasteiger partial charge in [0.15, 0.2) is 0 Å². The number of nitrogens with zero attached hydrogens (tertiary/aromatic N) is 2. The minimum absolute atomic E-state index is 0.265. The summed E-state index contributed by atoms with van der Waals surface area (Å²) in [5, 5.41) is 4.48. The normalized spacial score (nSPS) is 12.2. The molecule has 2 aromatic rings. The first-order valence-corrected chi connectivity index (χ1v) is 6.79. The first-order valence-electron chi connectivity index (χ1n) is 6.41. The predicted molar refractivity (Wildman–Crippen MR) is 74.4 cm³/mol. The van der Waals surface area contributed by atoms with Gasteiger partial charge in [0.2, 0.25) is 11.7 Å². The molecule has 0 aliphatic heterocycles. The summed E-state index contributed by atoms with van der Waals surface area (Å²) in [5.74, 6) is -0.210. The molecule has 0 N–H and O–H groups in total. The largest absolute Gasteiger partial charge is 0.465 e. The number of aromatic nitrogens is 2. The molecule has 20 heavy (non-hydrogen) atoms. The zero-order valence-corrected chi connectivity index (χ0v) is 12.1. The molecule has 0 aliphatic rings. The number of hydrogen-bond acceptors (Lipinski definition) is 5. The summed E-state index contributed by atoms with van der Waals surface area (Å²) in [5.41, 5.74) is 0.742. The van der Waals surface area contributed by atoms with Crippen LogP contribution in [0.2, 0.25) is 5.02 Å². The molecular formula is C14H15ClN2O3. The van der Waals surface area contributed by atoms with Gasteiger partial charge in [-0.05, 0) is 25.5 Å². The number of rotatable bonds is 5. The molecule has 0 bridgehead atoms. The molecule has 1 unspecified atom stereocenters. The SMILES string of the molecule is CCOC(=O)C(CC)c1nc(-c2cccc(Cl)c2)no1. The van der Waals surface area contributed by atoms with E-state index in [1.54, 1.807) is 25.1 Å². The first-order chi connectivity index (χ1) is 9.65. The molecule has 0 radical (unpaired) electrons. The minimum Gasteiger partial charge on any atom is -0.465 e. The van der Waals surface area contributed by atoms with Crippen LogP contribution in [0.3, 0.4) is 0 Å². The molecule has 1 heterocycles. The Morgan fingerprint density at radius 1 is 1.45 bits per heavy atom. The number of hydrogen-bond donors (Lipinski definition) is 0. The lowest BCUT2D eigenvalue weighted by Gasteiger charge is -2.08. The van der Waals surface area contributed by atoms with Crippen molar-refractivity contribution in [1.29, 1.82) is 0 Å². The molecule has 0 spiro atoms. The Morgan fingerprint density at radius 3 is 2.90 bits per heavy atom. The lowest BCUT2D eigenvalue weighted by atomic mass is 10.1. The second kappa shape index (κ2) is 6.52. The topological polar surface area (TPSA) is 65.2 Å². The zero-order chi connectivity index (χ0) is 14.5. The van der Waals surface area contributed by atoms with Crippen LogP contribution < -0.4 is 0 Å². The molecule has 0 saturated carbocycles. The van der Waals surface area contributed by atoms with Crippen LogP contribution in [0.4, 0.5) is 0 Å². The Balaban J connectivity index is 2.25. The van der Waals surface area contributed by atoms with Crippen molar-refractivity contribution in [2.24, 2.45) is 0 Å². The molecule has 2 rings (SSSR count). The van der Waals surface area contributed by atoms with Crippen LogP contribution >= 0.6 is 11.6 Å². The lowest BCUT2D eigenvalue weighted by molar-refractivity contribution is -0.145. The van der Waals surface area contributed by atoms with E-state index >= 15 is 0 Å². The van der Waals surface area contributed by atoms with Gasteiger partial charge in [0, 0.05) is 10.6 Å². The number of ether oxygens (including phenoxy) is 1. The van der Waals surface area contributed by atoms with Gasteiger partial charge in [-0.1, -0.05) is 35.8 Å². The van der Waals surface area contributed by atoms with E-state index in [2.05, 4.69) is 10.1 Å². The van der Waals surface area contributed by atoms with Gasteiger partial charge < -0.3 is 9.26 Å². The summed E-state index contributed by atoms with van der Waals surface area (Å²) in [4.78, 5) is 16.1. The van der Waals surface area contributed by atoms with Crippen molar-refractivity contribution in [3.63, 3.8) is 0 Å². The lowest BCUT2D eigenvalue weighted by Crippen LogP contribution is -2.15. The Morgan fingerprint density at radius 2 is 2.25 bits per heavy atom. The molecule has 6 heteroatoms. The van der Waals surface area contributed by atoms with E-state index in [0.29, 0.717) is 23.9 Å². The van der Waals surface area contributed by atoms with Crippen LogP contribution in [-0.4, -0.2) is 22.7 Å². The summed E-state index contributed by atoms with van der Waals surface area (Å²) < 4.78 is 10.2. The highest BCUT2D eigenvalue weighted by Crippen LogP contribution is 2.24. The van der Waals surface area contributed by atoms with Crippen molar-refractivity contribution >= 4 is 17.6 Å². The van der Waals surface area contributed by atoms with Crippen molar-refractivity contribution in [2.45, 2.75) is 26.2 Å². The van der Waals surface area contributed by atoms with Gasteiger partial charge >= 0.3 is 5.97 Å². The molecule has 1 aromatic heterocycles.